The number of benzene rings is 2. The number of anilines is 2. The van der Waals surface area contributed by atoms with E-state index in [4.69, 9.17) is 5.26 Å². The van der Waals surface area contributed by atoms with Gasteiger partial charge in [0.1, 0.15) is 6.07 Å². The van der Waals surface area contributed by atoms with Crippen LogP contribution in [-0.2, 0) is 0 Å². The lowest BCUT2D eigenvalue weighted by molar-refractivity contribution is 0.624. The average Bonchev–Trinajstić information content (AvgIpc) is 2.38. The molecular formula is C15H12BrFN2. The third-order valence-electron chi connectivity index (χ3n) is 2.85. The second-order valence-corrected chi connectivity index (χ2v) is 5.14. The first-order valence-corrected chi connectivity index (χ1v) is 6.54. The van der Waals surface area contributed by atoms with Crippen LogP contribution in [0.5, 0.6) is 0 Å². The van der Waals surface area contributed by atoms with E-state index in [-0.39, 0.29) is 10.0 Å². The minimum Gasteiger partial charge on any atom is -0.353 e. The number of hydrogen-bond donors (Lipinski definition) is 1. The quantitative estimate of drug-likeness (QED) is 0.861. The Morgan fingerprint density at radius 2 is 1.84 bits per heavy atom. The molecule has 0 saturated carbocycles. The van der Waals surface area contributed by atoms with Crippen LogP contribution >= 0.6 is 15.9 Å². The number of aryl methyl sites for hydroxylation is 2. The maximum Gasteiger partial charge on any atom is 0.162 e. The van der Waals surface area contributed by atoms with Crippen molar-refractivity contribution in [2.75, 3.05) is 5.32 Å². The minimum atomic E-state index is -0.459. The topological polar surface area (TPSA) is 35.8 Å². The molecule has 0 unspecified atom stereocenters. The predicted octanol–water partition coefficient (Wildman–Crippen LogP) is 4.82. The number of halogens is 2. The molecule has 0 bridgehead atoms. The molecular weight excluding hydrogens is 307 g/mol. The second-order valence-electron chi connectivity index (χ2n) is 4.34. The first-order valence-electron chi connectivity index (χ1n) is 5.75. The summed E-state index contributed by atoms with van der Waals surface area (Å²) < 4.78 is 14.3. The average molecular weight is 319 g/mol. The van der Waals surface area contributed by atoms with Crippen molar-refractivity contribution in [3.05, 3.63) is 57.3 Å². The van der Waals surface area contributed by atoms with Gasteiger partial charge in [-0.1, -0.05) is 17.7 Å². The molecule has 0 aliphatic carbocycles. The molecule has 0 aromatic heterocycles. The Balaban J connectivity index is 2.39. The lowest BCUT2D eigenvalue weighted by Crippen LogP contribution is -1.98. The zero-order valence-corrected chi connectivity index (χ0v) is 12.2. The maximum absolute atomic E-state index is 14.1. The first kappa shape index (κ1) is 13.6. The third-order valence-corrected chi connectivity index (χ3v) is 3.63. The second kappa shape index (κ2) is 5.41. The molecule has 1 N–H and O–H groups in total. The Morgan fingerprint density at radius 1 is 1.16 bits per heavy atom. The van der Waals surface area contributed by atoms with Crippen molar-refractivity contribution in [1.82, 2.24) is 0 Å². The van der Waals surface area contributed by atoms with Gasteiger partial charge in [-0.15, -0.1) is 0 Å². The van der Waals surface area contributed by atoms with Crippen LogP contribution in [0.4, 0.5) is 15.8 Å². The summed E-state index contributed by atoms with van der Waals surface area (Å²) in [6.07, 6.45) is 0. The normalized spacial score (nSPS) is 10.1. The van der Waals surface area contributed by atoms with Crippen molar-refractivity contribution in [2.24, 2.45) is 0 Å². The Kier molecular flexibility index (Phi) is 3.87. The maximum atomic E-state index is 14.1. The molecule has 0 fully saturated rings. The Labute approximate surface area is 120 Å². The summed E-state index contributed by atoms with van der Waals surface area (Å²) in [6, 6.07) is 11.0. The summed E-state index contributed by atoms with van der Waals surface area (Å²) in [6.45, 7) is 3.97. The lowest BCUT2D eigenvalue weighted by atomic mass is 10.1. The van der Waals surface area contributed by atoms with Gasteiger partial charge in [-0.05, 0) is 53.5 Å². The fourth-order valence-corrected chi connectivity index (χ4v) is 2.27. The molecule has 0 saturated heterocycles. The highest BCUT2D eigenvalue weighted by atomic mass is 79.9. The number of nitriles is 1. The molecule has 2 aromatic carbocycles. The van der Waals surface area contributed by atoms with E-state index in [1.165, 1.54) is 0 Å². The third kappa shape index (κ3) is 2.77. The lowest BCUT2D eigenvalue weighted by Gasteiger charge is -2.12. The van der Waals surface area contributed by atoms with Gasteiger partial charge in [0.25, 0.3) is 0 Å². The van der Waals surface area contributed by atoms with Crippen LogP contribution in [0.2, 0.25) is 0 Å². The highest BCUT2D eigenvalue weighted by Crippen LogP contribution is 2.29. The highest BCUT2D eigenvalue weighted by molar-refractivity contribution is 9.10. The molecule has 2 rings (SSSR count). The summed E-state index contributed by atoms with van der Waals surface area (Å²) in [7, 11) is 0. The van der Waals surface area contributed by atoms with Crippen LogP contribution in [0, 0.1) is 31.0 Å². The zero-order valence-electron chi connectivity index (χ0n) is 10.6. The molecule has 4 heteroatoms. The largest absolute Gasteiger partial charge is 0.353 e. The standard InChI is InChI=1S/C15H12BrFN2/c1-9-3-5-12(10(2)7-9)19-13-6-4-11(8-18)14(16)15(13)17/h3-7,19H,1-2H3. The van der Waals surface area contributed by atoms with Crippen molar-refractivity contribution < 1.29 is 4.39 Å². The van der Waals surface area contributed by atoms with Crippen molar-refractivity contribution in [1.29, 1.82) is 5.26 Å². The Morgan fingerprint density at radius 3 is 2.47 bits per heavy atom. The summed E-state index contributed by atoms with van der Waals surface area (Å²) >= 11 is 3.10. The molecule has 19 heavy (non-hydrogen) atoms. The van der Waals surface area contributed by atoms with E-state index < -0.39 is 5.82 Å². The Bertz CT molecular complexity index is 675. The first-order chi connectivity index (χ1) is 9.02. The molecule has 0 radical (unpaired) electrons. The summed E-state index contributed by atoms with van der Waals surface area (Å²) in [5, 5.41) is 11.9. The minimum absolute atomic E-state index is 0.185. The molecule has 0 amide bonds. The SMILES string of the molecule is Cc1ccc(Nc2ccc(C#N)c(Br)c2F)c(C)c1. The monoisotopic (exact) mass is 318 g/mol. The van der Waals surface area contributed by atoms with Gasteiger partial charge in [-0.25, -0.2) is 4.39 Å². The molecule has 2 aromatic rings. The molecule has 2 nitrogen and oxygen atoms in total. The fourth-order valence-electron chi connectivity index (χ4n) is 1.83. The van der Waals surface area contributed by atoms with Gasteiger partial charge in [0.15, 0.2) is 5.82 Å². The van der Waals surface area contributed by atoms with Crippen LogP contribution in [-0.4, -0.2) is 0 Å². The van der Waals surface area contributed by atoms with E-state index >= 15 is 0 Å². The van der Waals surface area contributed by atoms with Crippen LogP contribution in [0.15, 0.2) is 34.8 Å². The molecule has 0 atom stereocenters. The van der Waals surface area contributed by atoms with E-state index in [0.29, 0.717) is 5.69 Å². The van der Waals surface area contributed by atoms with E-state index in [1.54, 1.807) is 12.1 Å². The van der Waals surface area contributed by atoms with E-state index in [2.05, 4.69) is 21.2 Å². The Hall–Kier alpha value is -1.86. The van der Waals surface area contributed by atoms with E-state index in [1.807, 2.05) is 38.1 Å². The van der Waals surface area contributed by atoms with Gasteiger partial charge in [0, 0.05) is 5.69 Å². The van der Waals surface area contributed by atoms with Crippen molar-refractivity contribution in [2.45, 2.75) is 13.8 Å². The van der Waals surface area contributed by atoms with Crippen LogP contribution in [0.3, 0.4) is 0 Å². The van der Waals surface area contributed by atoms with E-state index in [9.17, 15) is 4.39 Å². The molecule has 0 aliphatic rings. The van der Waals surface area contributed by atoms with Crippen molar-refractivity contribution in [3.63, 3.8) is 0 Å². The van der Waals surface area contributed by atoms with Crippen LogP contribution < -0.4 is 5.32 Å². The smallest absolute Gasteiger partial charge is 0.162 e. The molecule has 0 spiro atoms. The van der Waals surface area contributed by atoms with Crippen LogP contribution in [0.25, 0.3) is 0 Å². The molecule has 0 heterocycles. The molecule has 0 aliphatic heterocycles. The fraction of sp³-hybridized carbons (Fsp3) is 0.133. The van der Waals surface area contributed by atoms with Gasteiger partial charge in [-0.2, -0.15) is 5.26 Å². The van der Waals surface area contributed by atoms with Gasteiger partial charge >= 0.3 is 0 Å². The van der Waals surface area contributed by atoms with E-state index in [0.717, 1.165) is 16.8 Å². The van der Waals surface area contributed by atoms with Gasteiger partial charge in [0.05, 0.1) is 15.7 Å². The number of hydrogen-bond acceptors (Lipinski definition) is 2. The summed E-state index contributed by atoms with van der Waals surface area (Å²) in [5.74, 6) is -0.459. The summed E-state index contributed by atoms with van der Waals surface area (Å²) in [4.78, 5) is 0. The molecule has 96 valence electrons. The van der Waals surface area contributed by atoms with Gasteiger partial charge < -0.3 is 5.32 Å². The summed E-state index contributed by atoms with van der Waals surface area (Å²) in [5.41, 5.74) is 3.67. The van der Waals surface area contributed by atoms with Crippen molar-refractivity contribution >= 4 is 27.3 Å². The zero-order chi connectivity index (χ0) is 14.0. The number of nitrogens with one attached hydrogen (secondary N) is 1. The van der Waals surface area contributed by atoms with Crippen LogP contribution in [0.1, 0.15) is 16.7 Å². The van der Waals surface area contributed by atoms with Crippen molar-refractivity contribution in [3.8, 4) is 6.07 Å². The highest BCUT2D eigenvalue weighted by Gasteiger charge is 2.11. The van der Waals surface area contributed by atoms with Gasteiger partial charge in [0.2, 0.25) is 0 Å². The number of rotatable bonds is 2. The predicted molar refractivity (Wildman–Crippen MR) is 78.0 cm³/mol. The number of nitrogens with zero attached hydrogens (tertiary/aromatic N) is 1. The van der Waals surface area contributed by atoms with Gasteiger partial charge in [-0.3, -0.25) is 0 Å².